The first kappa shape index (κ1) is 16.1. The predicted octanol–water partition coefficient (Wildman–Crippen LogP) is 0.774. The van der Waals surface area contributed by atoms with Crippen molar-refractivity contribution in [2.75, 3.05) is 19.6 Å². The average molecular weight is 316 g/mol. The number of hydrogen-bond acceptors (Lipinski definition) is 5. The molecule has 1 aromatic rings. The minimum Gasteiger partial charge on any atom is -0.507 e. The van der Waals surface area contributed by atoms with Crippen LogP contribution in [0.4, 0.5) is 0 Å². The van der Waals surface area contributed by atoms with Gasteiger partial charge in [-0.25, -0.2) is 4.79 Å². The number of nitrogens with zero attached hydrogens (tertiary/aromatic N) is 1. The van der Waals surface area contributed by atoms with Crippen LogP contribution in [0.25, 0.3) is 0 Å². The van der Waals surface area contributed by atoms with Crippen LogP contribution in [0.15, 0.2) is 12.1 Å². The van der Waals surface area contributed by atoms with E-state index in [4.69, 9.17) is 18.3 Å². The summed E-state index contributed by atoms with van der Waals surface area (Å²) in [4.78, 5) is 13.7. The third-order valence-electron chi connectivity index (χ3n) is 4.50. The van der Waals surface area contributed by atoms with Crippen LogP contribution in [0.5, 0.6) is 11.5 Å². The van der Waals surface area contributed by atoms with E-state index < -0.39 is 5.97 Å². The van der Waals surface area contributed by atoms with Gasteiger partial charge in [0, 0.05) is 25.2 Å². The van der Waals surface area contributed by atoms with Gasteiger partial charge >= 0.3 is 5.97 Å². The Morgan fingerprint density at radius 2 is 2.13 bits per heavy atom. The van der Waals surface area contributed by atoms with Crippen LogP contribution in [0.3, 0.4) is 0 Å². The Balaban J connectivity index is 1.66. The van der Waals surface area contributed by atoms with Gasteiger partial charge in [0.2, 0.25) is 0 Å². The lowest BCUT2D eigenvalue weighted by atomic mass is 9.95. The molecule has 0 spiro atoms. The summed E-state index contributed by atoms with van der Waals surface area (Å²) < 4.78 is 5.77. The molecule has 1 saturated heterocycles. The van der Waals surface area contributed by atoms with Crippen molar-refractivity contribution < 1.29 is 19.7 Å². The number of hydrogen-bond donors (Lipinski definition) is 3. The summed E-state index contributed by atoms with van der Waals surface area (Å²) in [5, 5.41) is 19.5. The first-order chi connectivity index (χ1) is 10.9. The van der Waals surface area contributed by atoms with Gasteiger partial charge in [0.05, 0.1) is 7.85 Å². The summed E-state index contributed by atoms with van der Waals surface area (Å²) in [5.74, 6) is -1.25. The predicted molar refractivity (Wildman–Crippen MR) is 86.3 cm³/mol. The highest BCUT2D eigenvalue weighted by Gasteiger charge is 2.43. The van der Waals surface area contributed by atoms with Crippen molar-refractivity contribution in [3.8, 4) is 11.5 Å². The topological polar surface area (TPSA) is 96.0 Å². The molecule has 1 heterocycles. The summed E-state index contributed by atoms with van der Waals surface area (Å²) in [6.45, 7) is 2.31. The molecule has 0 atom stereocenters. The molecule has 2 fully saturated rings. The van der Waals surface area contributed by atoms with E-state index in [1.807, 2.05) is 0 Å². The summed E-state index contributed by atoms with van der Waals surface area (Å²) in [6, 6.07) is 3.27. The molecule has 1 aromatic carbocycles. The average Bonchev–Trinajstić information content (AvgIpc) is 3.17. The van der Waals surface area contributed by atoms with Crippen molar-refractivity contribution in [2.24, 2.45) is 5.73 Å². The van der Waals surface area contributed by atoms with Crippen LogP contribution in [0.1, 0.15) is 28.8 Å². The van der Waals surface area contributed by atoms with Gasteiger partial charge in [0.25, 0.3) is 0 Å². The molecule has 1 aliphatic heterocycles. The number of aryl methyl sites for hydroxylation is 1. The Morgan fingerprint density at radius 3 is 2.70 bits per heavy atom. The number of nitrogens with two attached hydrogens (primary N) is 1. The molecule has 0 aromatic heterocycles. The van der Waals surface area contributed by atoms with Crippen molar-refractivity contribution in [3.05, 3.63) is 23.3 Å². The lowest BCUT2D eigenvalue weighted by molar-refractivity contribution is 0.0137. The van der Waals surface area contributed by atoms with Gasteiger partial charge in [-0.3, -0.25) is 4.90 Å². The van der Waals surface area contributed by atoms with Gasteiger partial charge in [-0.2, -0.15) is 0 Å². The van der Waals surface area contributed by atoms with E-state index in [0.29, 0.717) is 18.3 Å². The maximum atomic E-state index is 11.4. The molecule has 0 bridgehead atoms. The SMILES string of the molecule is [B]CCc1ccc(OC2CN(CC3(N)CC3)C2)c(C(=O)O)c1O. The Labute approximate surface area is 136 Å². The molecule has 1 saturated carbocycles. The second-order valence-corrected chi connectivity index (χ2v) is 6.59. The molecule has 1 aliphatic carbocycles. The Kier molecular flexibility index (Phi) is 4.25. The maximum Gasteiger partial charge on any atom is 0.343 e. The number of ether oxygens (including phenoxy) is 1. The van der Waals surface area contributed by atoms with Crippen LogP contribution in [0.2, 0.25) is 6.32 Å². The van der Waals surface area contributed by atoms with Crippen LogP contribution < -0.4 is 10.5 Å². The number of carboxylic acids is 1. The quantitative estimate of drug-likeness (QED) is 0.643. The van der Waals surface area contributed by atoms with Gasteiger partial charge in [0.1, 0.15) is 23.2 Å². The van der Waals surface area contributed by atoms with E-state index in [9.17, 15) is 15.0 Å². The number of carbonyl (C=O) groups is 1. The normalized spacial score (nSPS) is 20.0. The third kappa shape index (κ3) is 3.45. The summed E-state index contributed by atoms with van der Waals surface area (Å²) in [5.41, 5.74) is 6.38. The van der Waals surface area contributed by atoms with E-state index in [2.05, 4.69) is 4.90 Å². The third-order valence-corrected chi connectivity index (χ3v) is 4.50. The molecule has 2 radical (unpaired) electrons. The fourth-order valence-electron chi connectivity index (χ4n) is 2.95. The molecule has 6 nitrogen and oxygen atoms in total. The Hall–Kier alpha value is -1.73. The first-order valence-electron chi connectivity index (χ1n) is 7.88. The van der Waals surface area contributed by atoms with E-state index in [1.165, 1.54) is 0 Å². The summed E-state index contributed by atoms with van der Waals surface area (Å²) in [7, 11) is 5.47. The van der Waals surface area contributed by atoms with Gasteiger partial charge < -0.3 is 20.7 Å². The highest BCUT2D eigenvalue weighted by molar-refractivity contribution is 6.08. The highest BCUT2D eigenvalue weighted by Crippen LogP contribution is 2.36. The zero-order valence-corrected chi connectivity index (χ0v) is 13.0. The van der Waals surface area contributed by atoms with E-state index in [0.717, 1.165) is 32.5 Å². The Bertz CT molecular complexity index is 612. The molecule has 7 heteroatoms. The number of aromatic carboxylic acids is 1. The highest BCUT2D eigenvalue weighted by atomic mass is 16.5. The van der Waals surface area contributed by atoms with Gasteiger partial charge in [-0.1, -0.05) is 12.4 Å². The van der Waals surface area contributed by atoms with Gasteiger partial charge in [0.15, 0.2) is 0 Å². The zero-order chi connectivity index (χ0) is 16.6. The van der Waals surface area contributed by atoms with Crippen molar-refractivity contribution >= 4 is 13.8 Å². The second-order valence-electron chi connectivity index (χ2n) is 6.59. The van der Waals surface area contributed by atoms with Gasteiger partial charge in [-0.05, 0) is 30.9 Å². The number of benzene rings is 1. The lowest BCUT2D eigenvalue weighted by Crippen LogP contribution is -2.57. The molecule has 122 valence electrons. The largest absolute Gasteiger partial charge is 0.507 e. The fourth-order valence-corrected chi connectivity index (χ4v) is 2.95. The molecule has 2 aliphatic rings. The molecular formula is C16H21BN2O4. The van der Waals surface area contributed by atoms with Crippen molar-refractivity contribution in [1.82, 2.24) is 4.90 Å². The molecule has 0 unspecified atom stereocenters. The maximum absolute atomic E-state index is 11.4. The Morgan fingerprint density at radius 1 is 1.43 bits per heavy atom. The number of phenols is 1. The van der Waals surface area contributed by atoms with Crippen LogP contribution in [0, 0.1) is 0 Å². The zero-order valence-electron chi connectivity index (χ0n) is 13.0. The van der Waals surface area contributed by atoms with Gasteiger partial charge in [-0.15, -0.1) is 0 Å². The number of likely N-dealkylation sites (tertiary alicyclic amines) is 1. The van der Waals surface area contributed by atoms with Crippen LogP contribution >= 0.6 is 0 Å². The van der Waals surface area contributed by atoms with Crippen molar-refractivity contribution in [3.63, 3.8) is 0 Å². The summed E-state index contributed by atoms with van der Waals surface area (Å²) in [6.07, 6.45) is 2.81. The number of aromatic hydroxyl groups is 1. The number of carboxylic acid groups (broad SMARTS) is 1. The van der Waals surface area contributed by atoms with E-state index >= 15 is 0 Å². The molecule has 23 heavy (non-hydrogen) atoms. The van der Waals surface area contributed by atoms with Crippen LogP contribution in [-0.4, -0.2) is 60.2 Å². The van der Waals surface area contributed by atoms with E-state index in [-0.39, 0.29) is 28.7 Å². The fraction of sp³-hybridized carbons (Fsp3) is 0.562. The van der Waals surface area contributed by atoms with Crippen LogP contribution in [-0.2, 0) is 6.42 Å². The minimum absolute atomic E-state index is 0.0284. The van der Waals surface area contributed by atoms with Crippen molar-refractivity contribution in [1.29, 1.82) is 0 Å². The standard InChI is InChI=1S/C16H21BN2O4/c17-6-3-10-1-2-12(13(14(10)20)15(21)22)23-11-7-19(8-11)9-16(18)4-5-16/h1-2,11,20H,3-9,18H2,(H,21,22). The monoisotopic (exact) mass is 316 g/mol. The molecular weight excluding hydrogens is 295 g/mol. The number of rotatable bonds is 7. The molecule has 3 rings (SSSR count). The minimum atomic E-state index is -1.20. The van der Waals surface area contributed by atoms with E-state index in [1.54, 1.807) is 12.1 Å². The summed E-state index contributed by atoms with van der Waals surface area (Å²) >= 11 is 0. The second kappa shape index (κ2) is 6.05. The first-order valence-corrected chi connectivity index (χ1v) is 7.88. The lowest BCUT2D eigenvalue weighted by Gasteiger charge is -2.40. The smallest absolute Gasteiger partial charge is 0.343 e. The molecule has 0 amide bonds. The molecule has 4 N–H and O–H groups in total. The van der Waals surface area contributed by atoms with Crippen molar-refractivity contribution in [2.45, 2.75) is 37.2 Å².